The Morgan fingerprint density at radius 3 is 2.30 bits per heavy atom. The quantitative estimate of drug-likeness (QED) is 0.753. The van der Waals surface area contributed by atoms with Crippen LogP contribution in [0.3, 0.4) is 0 Å². The van der Waals surface area contributed by atoms with Crippen molar-refractivity contribution in [3.63, 3.8) is 0 Å². The van der Waals surface area contributed by atoms with E-state index in [2.05, 4.69) is 53.8 Å². The minimum absolute atomic E-state index is 0.144. The predicted molar refractivity (Wildman–Crippen MR) is 88.2 cm³/mol. The van der Waals surface area contributed by atoms with E-state index in [1.54, 1.807) is 12.3 Å². The van der Waals surface area contributed by atoms with Crippen molar-refractivity contribution >= 4 is 27.8 Å². The van der Waals surface area contributed by atoms with E-state index in [0.717, 1.165) is 5.69 Å². The largest absolute Gasteiger partial charge is 0.506 e. The molecule has 0 spiro atoms. The maximum atomic E-state index is 9.89. The Kier molecular flexibility index (Phi) is 4.29. The van der Waals surface area contributed by atoms with Gasteiger partial charge in [-0.1, -0.05) is 39.0 Å². The third-order valence-electron chi connectivity index (χ3n) is 3.10. The van der Waals surface area contributed by atoms with Crippen molar-refractivity contribution < 1.29 is 5.11 Å². The molecular weight excluding hydrogens is 314 g/mol. The molecule has 0 aliphatic carbocycles. The molecule has 0 aliphatic rings. The summed E-state index contributed by atoms with van der Waals surface area (Å²) < 4.78 is 0.671. The molecular formula is C17H18BrNO. The number of hydrogen-bond donors (Lipinski definition) is 1. The average Bonchev–Trinajstić information content (AvgIpc) is 2.40. The molecule has 2 rings (SSSR count). The van der Waals surface area contributed by atoms with Gasteiger partial charge in [-0.2, -0.15) is 0 Å². The number of halogens is 1. The number of phenolic OH excluding ortho intramolecular Hbond substituents is 1. The molecule has 0 saturated carbocycles. The average molecular weight is 332 g/mol. The van der Waals surface area contributed by atoms with E-state index in [-0.39, 0.29) is 11.2 Å². The summed E-state index contributed by atoms with van der Waals surface area (Å²) in [7, 11) is 0. The van der Waals surface area contributed by atoms with Crippen molar-refractivity contribution in [2.45, 2.75) is 26.2 Å². The second-order valence-electron chi connectivity index (χ2n) is 5.73. The highest BCUT2D eigenvalue weighted by Gasteiger charge is 2.12. The van der Waals surface area contributed by atoms with Gasteiger partial charge in [-0.15, -0.1) is 0 Å². The van der Waals surface area contributed by atoms with Gasteiger partial charge in [0.15, 0.2) is 0 Å². The summed E-state index contributed by atoms with van der Waals surface area (Å²) >= 11 is 3.29. The van der Waals surface area contributed by atoms with Crippen LogP contribution in [0, 0.1) is 0 Å². The first kappa shape index (κ1) is 14.8. The Morgan fingerprint density at radius 1 is 1.05 bits per heavy atom. The molecule has 0 bridgehead atoms. The Balaban J connectivity index is 2.22. The highest BCUT2D eigenvalue weighted by Crippen LogP contribution is 2.27. The van der Waals surface area contributed by atoms with Gasteiger partial charge >= 0.3 is 0 Å². The van der Waals surface area contributed by atoms with E-state index in [4.69, 9.17) is 0 Å². The molecule has 0 radical (unpaired) electrons. The van der Waals surface area contributed by atoms with Gasteiger partial charge in [-0.25, -0.2) is 0 Å². The van der Waals surface area contributed by atoms with Crippen LogP contribution in [-0.2, 0) is 5.41 Å². The van der Waals surface area contributed by atoms with Crippen molar-refractivity contribution in [3.05, 3.63) is 58.1 Å². The van der Waals surface area contributed by atoms with E-state index < -0.39 is 0 Å². The number of phenols is 1. The molecule has 104 valence electrons. The fourth-order valence-electron chi connectivity index (χ4n) is 1.83. The highest BCUT2D eigenvalue weighted by atomic mass is 79.9. The molecule has 0 heterocycles. The van der Waals surface area contributed by atoms with Crippen LogP contribution in [0.15, 0.2) is 51.9 Å². The number of aromatic hydroxyl groups is 1. The predicted octanol–water partition coefficient (Wildman–Crippen LogP) is 5.20. The van der Waals surface area contributed by atoms with Crippen molar-refractivity contribution in [1.29, 1.82) is 0 Å². The van der Waals surface area contributed by atoms with Gasteiger partial charge in [0.05, 0.1) is 10.2 Å². The van der Waals surface area contributed by atoms with Gasteiger partial charge in [0.25, 0.3) is 0 Å². The molecule has 0 amide bonds. The van der Waals surface area contributed by atoms with E-state index in [9.17, 15) is 5.11 Å². The van der Waals surface area contributed by atoms with Crippen LogP contribution in [0.5, 0.6) is 5.75 Å². The van der Waals surface area contributed by atoms with Gasteiger partial charge in [0, 0.05) is 11.8 Å². The lowest BCUT2D eigenvalue weighted by Gasteiger charge is -2.18. The normalized spacial score (nSPS) is 12.0. The molecule has 0 saturated heterocycles. The third-order valence-corrected chi connectivity index (χ3v) is 3.74. The fourth-order valence-corrected chi connectivity index (χ4v) is 2.21. The summed E-state index contributed by atoms with van der Waals surface area (Å²) in [5.41, 5.74) is 2.99. The molecule has 3 heteroatoms. The van der Waals surface area contributed by atoms with E-state index in [1.807, 2.05) is 24.3 Å². The Labute approximate surface area is 128 Å². The zero-order valence-electron chi connectivity index (χ0n) is 11.9. The summed E-state index contributed by atoms with van der Waals surface area (Å²) in [5.74, 6) is 0.211. The van der Waals surface area contributed by atoms with E-state index in [1.165, 1.54) is 5.56 Å². The zero-order valence-corrected chi connectivity index (χ0v) is 13.5. The molecule has 0 atom stereocenters. The lowest BCUT2D eigenvalue weighted by atomic mass is 9.87. The number of benzene rings is 2. The first-order chi connectivity index (χ1) is 9.38. The summed E-state index contributed by atoms with van der Waals surface area (Å²) in [4.78, 5) is 4.40. The molecule has 1 N–H and O–H groups in total. The Morgan fingerprint density at radius 2 is 1.70 bits per heavy atom. The van der Waals surface area contributed by atoms with Gasteiger partial charge in [-0.3, -0.25) is 4.99 Å². The highest BCUT2D eigenvalue weighted by molar-refractivity contribution is 9.10. The molecule has 20 heavy (non-hydrogen) atoms. The number of para-hydroxylation sites is 1. The molecule has 0 aromatic heterocycles. The number of aliphatic imine (C=N–C) groups is 1. The van der Waals surface area contributed by atoms with Crippen molar-refractivity contribution in [2.24, 2.45) is 4.99 Å². The molecule has 2 aromatic carbocycles. The molecule has 2 aromatic rings. The molecule has 0 fully saturated rings. The lowest BCUT2D eigenvalue weighted by Crippen LogP contribution is -2.10. The second kappa shape index (κ2) is 5.80. The SMILES string of the molecule is CC(C)(C)c1ccc(N=Cc2cccc(Br)c2O)cc1. The maximum absolute atomic E-state index is 9.89. The van der Waals surface area contributed by atoms with Crippen molar-refractivity contribution in [2.75, 3.05) is 0 Å². The van der Waals surface area contributed by atoms with Crippen LogP contribution in [0.2, 0.25) is 0 Å². The fraction of sp³-hybridized carbons (Fsp3) is 0.235. The topological polar surface area (TPSA) is 32.6 Å². The van der Waals surface area contributed by atoms with Gasteiger partial charge < -0.3 is 5.11 Å². The number of rotatable bonds is 2. The minimum Gasteiger partial charge on any atom is -0.506 e. The van der Waals surface area contributed by atoms with Crippen LogP contribution in [-0.4, -0.2) is 11.3 Å². The summed E-state index contributed by atoms with van der Waals surface area (Å²) in [6.45, 7) is 6.56. The van der Waals surface area contributed by atoms with Gasteiger partial charge in [0.2, 0.25) is 0 Å². The number of nitrogens with zero attached hydrogens (tertiary/aromatic N) is 1. The molecule has 0 unspecified atom stereocenters. The number of hydrogen-bond acceptors (Lipinski definition) is 2. The van der Waals surface area contributed by atoms with Crippen LogP contribution in [0.1, 0.15) is 31.9 Å². The minimum atomic E-state index is 0.144. The van der Waals surface area contributed by atoms with Crippen LogP contribution >= 0.6 is 15.9 Å². The van der Waals surface area contributed by atoms with Crippen LogP contribution in [0.4, 0.5) is 5.69 Å². The summed E-state index contributed by atoms with van der Waals surface area (Å²) in [5, 5.41) is 9.89. The van der Waals surface area contributed by atoms with Gasteiger partial charge in [0.1, 0.15) is 5.75 Å². The van der Waals surface area contributed by atoms with Crippen LogP contribution < -0.4 is 0 Å². The Bertz CT molecular complexity index is 624. The molecule has 2 nitrogen and oxygen atoms in total. The van der Waals surface area contributed by atoms with Crippen molar-refractivity contribution in [1.82, 2.24) is 0 Å². The second-order valence-corrected chi connectivity index (χ2v) is 6.59. The standard InChI is InChI=1S/C17H18BrNO/c1-17(2,3)13-7-9-14(10-8-13)19-11-12-5-4-6-15(18)16(12)20/h4-11,20H,1-3H3. The monoisotopic (exact) mass is 331 g/mol. The summed E-state index contributed by atoms with van der Waals surface area (Å²) in [6, 6.07) is 13.7. The van der Waals surface area contributed by atoms with E-state index >= 15 is 0 Å². The third kappa shape index (κ3) is 3.48. The Hall–Kier alpha value is -1.61. The molecule has 0 aliphatic heterocycles. The van der Waals surface area contributed by atoms with E-state index in [0.29, 0.717) is 10.0 Å². The zero-order chi connectivity index (χ0) is 14.8. The first-order valence-corrected chi connectivity index (χ1v) is 7.29. The lowest BCUT2D eigenvalue weighted by molar-refractivity contribution is 0.471. The summed E-state index contributed by atoms with van der Waals surface area (Å²) in [6.07, 6.45) is 1.67. The smallest absolute Gasteiger partial charge is 0.138 e. The maximum Gasteiger partial charge on any atom is 0.138 e. The first-order valence-electron chi connectivity index (χ1n) is 6.50. The van der Waals surface area contributed by atoms with Crippen LogP contribution in [0.25, 0.3) is 0 Å². The van der Waals surface area contributed by atoms with Gasteiger partial charge in [-0.05, 0) is 51.2 Å². The van der Waals surface area contributed by atoms with Crippen molar-refractivity contribution in [3.8, 4) is 5.75 Å².